The van der Waals surface area contributed by atoms with Crippen LogP contribution >= 0.6 is 0 Å². The van der Waals surface area contributed by atoms with E-state index in [2.05, 4.69) is 45.2 Å². The summed E-state index contributed by atoms with van der Waals surface area (Å²) in [6, 6.07) is 2.07. The Balaban J connectivity index is 1.84. The van der Waals surface area contributed by atoms with E-state index in [1.54, 1.807) is 6.33 Å². The van der Waals surface area contributed by atoms with E-state index in [-0.39, 0.29) is 0 Å². The first-order chi connectivity index (χ1) is 9.25. The van der Waals surface area contributed by atoms with Crippen LogP contribution in [-0.4, -0.2) is 55.1 Å². The van der Waals surface area contributed by atoms with Gasteiger partial charge in [-0.2, -0.15) is 0 Å². The number of hydrogen-bond acceptors (Lipinski definition) is 5. The van der Waals surface area contributed by atoms with E-state index in [4.69, 9.17) is 0 Å². The maximum atomic E-state index is 4.39. The molecular formula is C14H25N5. The molecule has 1 saturated heterocycles. The number of aromatic nitrogens is 2. The van der Waals surface area contributed by atoms with Crippen LogP contribution in [0, 0.1) is 0 Å². The molecule has 0 aromatic carbocycles. The zero-order valence-electron chi connectivity index (χ0n) is 12.1. The van der Waals surface area contributed by atoms with E-state index in [1.807, 2.05) is 0 Å². The average molecular weight is 263 g/mol. The molecule has 5 heteroatoms. The summed E-state index contributed by atoms with van der Waals surface area (Å²) in [6.45, 7) is 4.29. The lowest BCUT2D eigenvalue weighted by molar-refractivity contribution is 0.405. The van der Waals surface area contributed by atoms with E-state index in [9.17, 15) is 0 Å². The van der Waals surface area contributed by atoms with Crippen LogP contribution in [0.15, 0.2) is 12.4 Å². The van der Waals surface area contributed by atoms with Crippen molar-refractivity contribution >= 4 is 11.6 Å². The third-order valence-corrected chi connectivity index (χ3v) is 3.42. The van der Waals surface area contributed by atoms with Gasteiger partial charge in [-0.05, 0) is 46.3 Å². The third-order valence-electron chi connectivity index (χ3n) is 3.42. The van der Waals surface area contributed by atoms with E-state index in [0.717, 1.165) is 44.2 Å². The Morgan fingerprint density at radius 3 is 2.74 bits per heavy atom. The second-order valence-corrected chi connectivity index (χ2v) is 5.39. The summed E-state index contributed by atoms with van der Waals surface area (Å²) in [5.41, 5.74) is 0. The molecule has 1 N–H and O–H groups in total. The molecular weight excluding hydrogens is 238 g/mol. The van der Waals surface area contributed by atoms with Crippen molar-refractivity contribution in [3.05, 3.63) is 12.4 Å². The van der Waals surface area contributed by atoms with Gasteiger partial charge < -0.3 is 15.1 Å². The van der Waals surface area contributed by atoms with Crippen LogP contribution in [0.25, 0.3) is 0 Å². The Labute approximate surface area is 116 Å². The highest BCUT2D eigenvalue weighted by atomic mass is 15.2. The first kappa shape index (κ1) is 14.1. The van der Waals surface area contributed by atoms with Gasteiger partial charge in [0.05, 0.1) is 0 Å². The molecule has 1 aromatic rings. The highest BCUT2D eigenvalue weighted by Crippen LogP contribution is 2.18. The summed E-state index contributed by atoms with van der Waals surface area (Å²) in [5.74, 6) is 2.00. The number of nitrogens with zero attached hydrogens (tertiary/aromatic N) is 4. The largest absolute Gasteiger partial charge is 0.370 e. The van der Waals surface area contributed by atoms with Gasteiger partial charge in [0, 0.05) is 25.7 Å². The van der Waals surface area contributed by atoms with Gasteiger partial charge in [-0.1, -0.05) is 0 Å². The number of rotatable bonds is 6. The van der Waals surface area contributed by atoms with Crippen molar-refractivity contribution in [1.29, 1.82) is 0 Å². The van der Waals surface area contributed by atoms with Gasteiger partial charge in [-0.3, -0.25) is 0 Å². The fraction of sp³-hybridized carbons (Fsp3) is 0.714. The lowest BCUT2D eigenvalue weighted by Gasteiger charge is -2.27. The zero-order valence-corrected chi connectivity index (χ0v) is 12.1. The number of hydrogen-bond donors (Lipinski definition) is 1. The Hall–Kier alpha value is -1.36. The summed E-state index contributed by atoms with van der Waals surface area (Å²) in [5, 5.41) is 3.38. The quantitative estimate of drug-likeness (QED) is 0.793. The Bertz CT molecular complexity index is 374. The molecule has 19 heavy (non-hydrogen) atoms. The van der Waals surface area contributed by atoms with Crippen molar-refractivity contribution in [3.8, 4) is 0 Å². The standard InChI is InChI=1S/C14H25N5/c1-18(2)8-6-7-15-13-11-14(17-12-16-13)19-9-4-3-5-10-19/h11-12H,3-10H2,1-2H3,(H,15,16,17). The molecule has 1 fully saturated rings. The molecule has 2 rings (SSSR count). The predicted octanol–water partition coefficient (Wildman–Crippen LogP) is 1.83. The average Bonchev–Trinajstić information content (AvgIpc) is 2.45. The second-order valence-electron chi connectivity index (χ2n) is 5.39. The number of nitrogens with one attached hydrogen (secondary N) is 1. The maximum Gasteiger partial charge on any atom is 0.134 e. The van der Waals surface area contributed by atoms with E-state index in [0.29, 0.717) is 0 Å². The molecule has 0 aliphatic carbocycles. The molecule has 0 radical (unpaired) electrons. The second kappa shape index (κ2) is 7.28. The van der Waals surface area contributed by atoms with Crippen molar-refractivity contribution in [2.75, 3.05) is 50.5 Å². The molecule has 0 amide bonds. The number of piperidine rings is 1. The van der Waals surface area contributed by atoms with Gasteiger partial charge >= 0.3 is 0 Å². The molecule has 1 aromatic heterocycles. The predicted molar refractivity (Wildman–Crippen MR) is 79.8 cm³/mol. The van der Waals surface area contributed by atoms with Crippen LogP contribution in [-0.2, 0) is 0 Å². The van der Waals surface area contributed by atoms with Gasteiger partial charge in [-0.25, -0.2) is 9.97 Å². The number of anilines is 2. The van der Waals surface area contributed by atoms with Crippen molar-refractivity contribution in [2.45, 2.75) is 25.7 Å². The molecule has 0 atom stereocenters. The van der Waals surface area contributed by atoms with E-state index in [1.165, 1.54) is 19.3 Å². The fourth-order valence-corrected chi connectivity index (χ4v) is 2.35. The third kappa shape index (κ3) is 4.67. The fourth-order valence-electron chi connectivity index (χ4n) is 2.35. The van der Waals surface area contributed by atoms with Crippen LogP contribution in [0.2, 0.25) is 0 Å². The lowest BCUT2D eigenvalue weighted by atomic mass is 10.1. The smallest absolute Gasteiger partial charge is 0.134 e. The topological polar surface area (TPSA) is 44.3 Å². The molecule has 1 aliphatic rings. The first-order valence-corrected chi connectivity index (χ1v) is 7.21. The van der Waals surface area contributed by atoms with Crippen LogP contribution < -0.4 is 10.2 Å². The summed E-state index contributed by atoms with van der Waals surface area (Å²) in [7, 11) is 4.19. The minimum atomic E-state index is 0.939. The molecule has 1 aliphatic heterocycles. The normalized spacial score (nSPS) is 15.8. The van der Waals surface area contributed by atoms with Gasteiger partial charge in [-0.15, -0.1) is 0 Å². The minimum absolute atomic E-state index is 0.939. The summed E-state index contributed by atoms with van der Waals surface area (Å²) < 4.78 is 0. The maximum absolute atomic E-state index is 4.39. The Morgan fingerprint density at radius 2 is 2.00 bits per heavy atom. The molecule has 0 saturated carbocycles. The summed E-state index contributed by atoms with van der Waals surface area (Å²) in [6.07, 6.45) is 6.68. The minimum Gasteiger partial charge on any atom is -0.370 e. The van der Waals surface area contributed by atoms with Crippen LogP contribution in [0.5, 0.6) is 0 Å². The zero-order chi connectivity index (χ0) is 13.5. The molecule has 5 nitrogen and oxygen atoms in total. The van der Waals surface area contributed by atoms with Crippen molar-refractivity contribution in [2.24, 2.45) is 0 Å². The van der Waals surface area contributed by atoms with Crippen LogP contribution in [0.3, 0.4) is 0 Å². The Morgan fingerprint density at radius 1 is 1.21 bits per heavy atom. The summed E-state index contributed by atoms with van der Waals surface area (Å²) >= 11 is 0. The van der Waals surface area contributed by atoms with E-state index < -0.39 is 0 Å². The first-order valence-electron chi connectivity index (χ1n) is 7.21. The van der Waals surface area contributed by atoms with Gasteiger partial charge in [0.25, 0.3) is 0 Å². The van der Waals surface area contributed by atoms with Crippen LogP contribution in [0.4, 0.5) is 11.6 Å². The lowest BCUT2D eigenvalue weighted by Crippen LogP contribution is -2.30. The summed E-state index contributed by atoms with van der Waals surface area (Å²) in [4.78, 5) is 13.2. The molecule has 0 spiro atoms. The van der Waals surface area contributed by atoms with E-state index >= 15 is 0 Å². The SMILES string of the molecule is CN(C)CCCNc1cc(N2CCCCC2)ncn1. The van der Waals surface area contributed by atoms with Crippen LogP contribution in [0.1, 0.15) is 25.7 Å². The highest BCUT2D eigenvalue weighted by molar-refractivity contribution is 5.48. The van der Waals surface area contributed by atoms with Crippen molar-refractivity contribution < 1.29 is 0 Å². The van der Waals surface area contributed by atoms with Crippen molar-refractivity contribution in [3.63, 3.8) is 0 Å². The molecule has 0 bridgehead atoms. The Kier molecular flexibility index (Phi) is 5.39. The molecule has 0 unspecified atom stereocenters. The molecule has 2 heterocycles. The van der Waals surface area contributed by atoms with Gasteiger partial charge in [0.2, 0.25) is 0 Å². The molecule has 106 valence electrons. The van der Waals surface area contributed by atoms with Crippen molar-refractivity contribution in [1.82, 2.24) is 14.9 Å². The van der Waals surface area contributed by atoms with Gasteiger partial charge in [0.15, 0.2) is 0 Å². The van der Waals surface area contributed by atoms with Gasteiger partial charge in [0.1, 0.15) is 18.0 Å². The monoisotopic (exact) mass is 263 g/mol. The highest BCUT2D eigenvalue weighted by Gasteiger charge is 2.12.